The Balaban J connectivity index is 1.36. The van der Waals surface area contributed by atoms with E-state index in [4.69, 9.17) is 34.6 Å². The lowest BCUT2D eigenvalue weighted by atomic mass is 10.2. The molecule has 4 rings (SSSR count). The molecule has 0 spiro atoms. The van der Waals surface area contributed by atoms with Crippen LogP contribution in [0.3, 0.4) is 0 Å². The van der Waals surface area contributed by atoms with Crippen LogP contribution in [0.5, 0.6) is 11.5 Å². The van der Waals surface area contributed by atoms with Gasteiger partial charge in [-0.1, -0.05) is 31.5 Å². The van der Waals surface area contributed by atoms with E-state index in [1.54, 1.807) is 49.7 Å². The van der Waals surface area contributed by atoms with Crippen molar-refractivity contribution in [3.8, 4) is 11.5 Å². The first-order valence-corrected chi connectivity index (χ1v) is 19.4. The summed E-state index contributed by atoms with van der Waals surface area (Å²) < 4.78 is 42.7. The number of aromatic nitrogens is 3. The van der Waals surface area contributed by atoms with Gasteiger partial charge in [0.15, 0.2) is 11.5 Å². The number of anilines is 3. The van der Waals surface area contributed by atoms with Gasteiger partial charge in [0.1, 0.15) is 18.0 Å². The van der Waals surface area contributed by atoms with E-state index in [-0.39, 0.29) is 12.5 Å². The van der Waals surface area contributed by atoms with Crippen molar-refractivity contribution in [3.05, 3.63) is 71.6 Å². The second-order valence-corrected chi connectivity index (χ2v) is 16.8. The van der Waals surface area contributed by atoms with Crippen molar-refractivity contribution in [2.75, 3.05) is 50.6 Å². The second kappa shape index (κ2) is 18.5. The normalized spacial score (nSPS) is 12.4. The number of phosphoric ester groups is 1. The number of carbonyl (C=O) groups is 1. The third kappa shape index (κ3) is 13.8. The summed E-state index contributed by atoms with van der Waals surface area (Å²) in [4.78, 5) is 28.1. The van der Waals surface area contributed by atoms with Crippen molar-refractivity contribution in [2.24, 2.45) is 5.92 Å². The summed E-state index contributed by atoms with van der Waals surface area (Å²) >= 11 is 6.01. The maximum absolute atomic E-state index is 13.5. The summed E-state index contributed by atoms with van der Waals surface area (Å²) in [6.07, 6.45) is 3.79. The van der Waals surface area contributed by atoms with Crippen LogP contribution in [0.1, 0.15) is 72.2 Å². The molecule has 4 aromatic rings. The predicted octanol–water partition coefficient (Wildman–Crippen LogP) is 9.16. The number of rotatable bonds is 18. The van der Waals surface area contributed by atoms with Gasteiger partial charge in [0.25, 0.3) is 5.91 Å². The van der Waals surface area contributed by atoms with Gasteiger partial charge in [-0.2, -0.15) is 0 Å². The van der Waals surface area contributed by atoms with Gasteiger partial charge in [-0.15, -0.1) is 0 Å². The summed E-state index contributed by atoms with van der Waals surface area (Å²) in [7, 11) is -2.21. The smallest absolute Gasteiger partial charge is 0.475 e. The minimum atomic E-state index is -3.80. The average molecular weight is 771 g/mol. The topological polar surface area (TPSA) is 146 Å². The first-order chi connectivity index (χ1) is 24.9. The Labute approximate surface area is 317 Å². The number of nitrogens with zero attached hydrogens (tertiary/aromatic N) is 4. The van der Waals surface area contributed by atoms with Crippen LogP contribution in [0, 0.1) is 5.92 Å². The van der Waals surface area contributed by atoms with E-state index in [1.807, 2.05) is 53.7 Å². The molecule has 0 aliphatic heterocycles. The Morgan fingerprint density at radius 3 is 2.28 bits per heavy atom. The molecule has 0 radical (unpaired) electrons. The molecule has 15 heteroatoms. The standard InChI is InChI=1S/C38H52ClN6O7P/c1-26(2)24-45(17-19-50-53(47,51-37(3,4)5)52-38(6,7)8)16-11-18-49-33-22-31-30(21-32(33)48-9)35(42-25-41-31)43-29-14-15-34(40-23-29)44-36(46)27-12-10-13-28(39)20-27/h10,12-15,20-23,25-26H,11,16-19,24H2,1-9H3,(H,40,44,46)(H,41,42,43). The lowest BCUT2D eigenvalue weighted by molar-refractivity contribution is 0.000675. The molecule has 2 N–H and O–H groups in total. The molecule has 53 heavy (non-hydrogen) atoms. The number of phosphoric acid groups is 1. The minimum absolute atomic E-state index is 0.187. The lowest BCUT2D eigenvalue weighted by Crippen LogP contribution is -2.33. The van der Waals surface area contributed by atoms with Gasteiger partial charge < -0.3 is 25.0 Å². The van der Waals surface area contributed by atoms with E-state index >= 15 is 0 Å². The zero-order chi connectivity index (χ0) is 38.8. The maximum Gasteiger partial charge on any atom is 0.475 e. The number of carbonyl (C=O) groups excluding carboxylic acids is 1. The third-order valence-corrected chi connectivity index (χ3v) is 9.48. The zero-order valence-electron chi connectivity index (χ0n) is 32.1. The van der Waals surface area contributed by atoms with E-state index in [0.717, 1.165) is 24.9 Å². The van der Waals surface area contributed by atoms with Crippen LogP contribution in [-0.2, 0) is 18.1 Å². The molecule has 13 nitrogen and oxygen atoms in total. The number of hydrogen-bond donors (Lipinski definition) is 2. The highest BCUT2D eigenvalue weighted by atomic mass is 35.5. The first kappa shape index (κ1) is 41.9. The van der Waals surface area contributed by atoms with Crippen molar-refractivity contribution in [1.82, 2.24) is 19.9 Å². The molecule has 0 saturated carbocycles. The predicted molar refractivity (Wildman–Crippen MR) is 210 cm³/mol. The molecule has 1 amide bonds. The molecule has 0 aliphatic rings. The summed E-state index contributed by atoms with van der Waals surface area (Å²) in [5.41, 5.74) is 0.356. The number of hydrogen-bond acceptors (Lipinski definition) is 12. The molecule has 2 aromatic heterocycles. The fraction of sp³-hybridized carbons (Fsp3) is 0.474. The van der Waals surface area contributed by atoms with Gasteiger partial charge in [-0.05, 0) is 90.3 Å². The van der Waals surface area contributed by atoms with Crippen LogP contribution in [0.2, 0.25) is 5.02 Å². The molecule has 0 bridgehead atoms. The number of fused-ring (bicyclic) bond motifs is 1. The number of halogens is 1. The zero-order valence-corrected chi connectivity index (χ0v) is 33.7. The minimum Gasteiger partial charge on any atom is -0.493 e. The number of methoxy groups -OCH3 is 1. The molecule has 2 aromatic carbocycles. The van der Waals surface area contributed by atoms with Crippen LogP contribution in [0.15, 0.2) is 61.1 Å². The van der Waals surface area contributed by atoms with Crippen LogP contribution >= 0.6 is 19.4 Å². The Kier molecular flexibility index (Phi) is 14.6. The number of benzene rings is 2. The van der Waals surface area contributed by atoms with Gasteiger partial charge in [-0.3, -0.25) is 18.4 Å². The van der Waals surface area contributed by atoms with Gasteiger partial charge in [0.2, 0.25) is 0 Å². The molecular formula is C38H52ClN6O7P. The number of nitrogens with one attached hydrogen (secondary N) is 2. The molecule has 0 unspecified atom stereocenters. The van der Waals surface area contributed by atoms with Gasteiger partial charge in [-0.25, -0.2) is 19.5 Å². The van der Waals surface area contributed by atoms with E-state index in [9.17, 15) is 9.36 Å². The van der Waals surface area contributed by atoms with Crippen molar-refractivity contribution >= 4 is 53.6 Å². The van der Waals surface area contributed by atoms with Crippen molar-refractivity contribution in [2.45, 2.75) is 73.0 Å². The molecule has 0 aliphatic carbocycles. The van der Waals surface area contributed by atoms with Crippen LogP contribution < -0.4 is 20.1 Å². The quantitative estimate of drug-likeness (QED) is 0.0735. The summed E-state index contributed by atoms with van der Waals surface area (Å²) in [6, 6.07) is 13.8. The molecule has 0 saturated heterocycles. The Morgan fingerprint density at radius 2 is 1.66 bits per heavy atom. The van der Waals surface area contributed by atoms with Gasteiger partial charge >= 0.3 is 7.82 Å². The fourth-order valence-corrected chi connectivity index (χ4v) is 7.22. The van der Waals surface area contributed by atoms with E-state index in [1.165, 1.54) is 6.33 Å². The highest BCUT2D eigenvalue weighted by Gasteiger charge is 2.37. The molecule has 288 valence electrons. The van der Waals surface area contributed by atoms with Crippen LogP contribution in [-0.4, -0.2) is 76.9 Å². The van der Waals surface area contributed by atoms with Gasteiger partial charge in [0.05, 0.1) is 48.9 Å². The van der Waals surface area contributed by atoms with Crippen molar-refractivity contribution in [3.63, 3.8) is 0 Å². The Bertz CT molecular complexity index is 1850. The summed E-state index contributed by atoms with van der Waals surface area (Å²) in [5, 5.41) is 7.25. The van der Waals surface area contributed by atoms with E-state index in [0.29, 0.717) is 64.0 Å². The van der Waals surface area contributed by atoms with Crippen LogP contribution in [0.25, 0.3) is 10.9 Å². The van der Waals surface area contributed by atoms with E-state index in [2.05, 4.69) is 44.3 Å². The molecule has 0 atom stereocenters. The lowest BCUT2D eigenvalue weighted by Gasteiger charge is -2.31. The Hall–Kier alpha value is -3.84. The summed E-state index contributed by atoms with van der Waals surface area (Å²) in [6.45, 7) is 17.9. The fourth-order valence-electron chi connectivity index (χ4n) is 5.24. The highest BCUT2D eigenvalue weighted by molar-refractivity contribution is 7.48. The van der Waals surface area contributed by atoms with Crippen molar-refractivity contribution < 1.29 is 32.4 Å². The van der Waals surface area contributed by atoms with E-state index < -0.39 is 19.0 Å². The van der Waals surface area contributed by atoms with Gasteiger partial charge in [0, 0.05) is 41.7 Å². The first-order valence-electron chi connectivity index (χ1n) is 17.6. The largest absolute Gasteiger partial charge is 0.493 e. The molecular weight excluding hydrogens is 719 g/mol. The monoisotopic (exact) mass is 770 g/mol. The molecule has 0 fully saturated rings. The van der Waals surface area contributed by atoms with Crippen molar-refractivity contribution in [1.29, 1.82) is 0 Å². The SMILES string of the molecule is COc1cc2c(Nc3ccc(NC(=O)c4cccc(Cl)c4)nc3)ncnc2cc1OCCCN(CCOP(=O)(OC(C)(C)C)OC(C)(C)C)CC(C)C. The molecule has 2 heterocycles. The number of pyridine rings is 1. The maximum atomic E-state index is 13.5. The Morgan fingerprint density at radius 1 is 0.925 bits per heavy atom. The summed E-state index contributed by atoms with van der Waals surface area (Å²) in [5.74, 6) is 2.13. The average Bonchev–Trinajstić information content (AvgIpc) is 3.05. The highest BCUT2D eigenvalue weighted by Crippen LogP contribution is 2.55. The number of amides is 1. The number of ether oxygens (including phenoxy) is 2. The second-order valence-electron chi connectivity index (χ2n) is 14.8. The third-order valence-electron chi connectivity index (χ3n) is 7.20. The van der Waals surface area contributed by atoms with Crippen LogP contribution in [0.4, 0.5) is 17.3 Å².